The normalized spacial score (nSPS) is 10.9. The summed E-state index contributed by atoms with van der Waals surface area (Å²) in [5.74, 6) is -1.70. The number of nitrogens with zero attached hydrogens (tertiary/aromatic N) is 1. The van der Waals surface area contributed by atoms with Crippen molar-refractivity contribution in [2.75, 3.05) is 0 Å². The molecule has 0 N–H and O–H groups in total. The molecule has 2 aromatic rings. The van der Waals surface area contributed by atoms with Crippen LogP contribution in [0.3, 0.4) is 0 Å². The second-order valence-corrected chi connectivity index (χ2v) is 4.96. The van der Waals surface area contributed by atoms with Crippen molar-refractivity contribution in [3.05, 3.63) is 26.8 Å². The summed E-state index contributed by atoms with van der Waals surface area (Å²) < 4.78 is 27.0. The molecule has 1 heterocycles. The van der Waals surface area contributed by atoms with Gasteiger partial charge >= 0.3 is 0 Å². The van der Waals surface area contributed by atoms with E-state index in [0.717, 1.165) is 6.07 Å². The largest absolute Gasteiger partial charge is 0.227 e. The van der Waals surface area contributed by atoms with E-state index in [-0.39, 0.29) is 5.52 Å². The monoisotopic (exact) mass is 297 g/mol. The molecule has 0 fully saturated rings. The highest BCUT2D eigenvalue weighted by molar-refractivity contribution is 14.1. The van der Waals surface area contributed by atoms with Crippen LogP contribution in [0.4, 0.5) is 8.78 Å². The molecule has 0 aliphatic rings. The topological polar surface area (TPSA) is 12.9 Å². The van der Waals surface area contributed by atoms with Crippen molar-refractivity contribution in [1.29, 1.82) is 0 Å². The second-order valence-electron chi connectivity index (χ2n) is 2.17. The molecule has 0 atom stereocenters. The van der Waals surface area contributed by atoms with Gasteiger partial charge in [-0.3, -0.25) is 0 Å². The average Bonchev–Trinajstić information content (AvgIpc) is 2.39. The number of benzene rings is 1. The van der Waals surface area contributed by atoms with Gasteiger partial charge in [0.2, 0.25) is 0 Å². The lowest BCUT2D eigenvalue weighted by Gasteiger charge is -1.90. The van der Waals surface area contributed by atoms with Crippen LogP contribution in [0.1, 0.15) is 0 Å². The van der Waals surface area contributed by atoms with Gasteiger partial charge in [0.15, 0.2) is 14.6 Å². The van der Waals surface area contributed by atoms with E-state index in [4.69, 9.17) is 0 Å². The van der Waals surface area contributed by atoms with Crippen molar-refractivity contribution in [2.45, 2.75) is 0 Å². The highest BCUT2D eigenvalue weighted by atomic mass is 127. The van der Waals surface area contributed by atoms with Crippen LogP contribution in [-0.4, -0.2) is 4.98 Å². The maximum absolute atomic E-state index is 13.0. The Morgan fingerprint density at radius 3 is 2.83 bits per heavy atom. The van der Waals surface area contributed by atoms with Crippen LogP contribution < -0.4 is 0 Å². The van der Waals surface area contributed by atoms with Crippen molar-refractivity contribution in [2.24, 2.45) is 0 Å². The standard InChI is InChI=1S/C7H2F2INS/c8-3-1-2-4-6(5(3)9)11-7(10)12-4/h1-2H. The molecule has 5 heteroatoms. The zero-order valence-corrected chi connectivity index (χ0v) is 8.62. The molecule has 0 spiro atoms. The summed E-state index contributed by atoms with van der Waals surface area (Å²) in [6, 6.07) is 2.65. The van der Waals surface area contributed by atoms with Gasteiger partial charge in [-0.05, 0) is 34.7 Å². The molecule has 1 aromatic heterocycles. The fourth-order valence-corrected chi connectivity index (χ4v) is 2.55. The zero-order valence-electron chi connectivity index (χ0n) is 5.64. The van der Waals surface area contributed by atoms with Gasteiger partial charge in [-0.1, -0.05) is 0 Å². The molecule has 62 valence electrons. The molecule has 0 unspecified atom stereocenters. The predicted octanol–water partition coefficient (Wildman–Crippen LogP) is 3.18. The Bertz CT molecular complexity index is 440. The van der Waals surface area contributed by atoms with E-state index < -0.39 is 11.6 Å². The molecule has 1 aromatic carbocycles. The Labute approximate surface area is 84.6 Å². The summed E-state index contributed by atoms with van der Waals surface area (Å²) in [5, 5.41) is 0. The number of aromatic nitrogens is 1. The minimum Gasteiger partial charge on any atom is -0.227 e. The highest BCUT2D eigenvalue weighted by Crippen LogP contribution is 2.26. The molecule has 0 aliphatic heterocycles. The van der Waals surface area contributed by atoms with Gasteiger partial charge in [-0.25, -0.2) is 13.8 Å². The molecule has 0 bridgehead atoms. The molecule has 0 aliphatic carbocycles. The number of hydrogen-bond donors (Lipinski definition) is 0. The first-order valence-corrected chi connectivity index (χ1v) is 4.98. The van der Waals surface area contributed by atoms with E-state index >= 15 is 0 Å². The van der Waals surface area contributed by atoms with E-state index in [0.29, 0.717) is 7.71 Å². The van der Waals surface area contributed by atoms with E-state index in [2.05, 4.69) is 4.98 Å². The van der Waals surface area contributed by atoms with E-state index in [1.807, 2.05) is 22.6 Å². The average molecular weight is 297 g/mol. The van der Waals surface area contributed by atoms with Crippen molar-refractivity contribution < 1.29 is 8.78 Å². The third-order valence-electron chi connectivity index (χ3n) is 1.43. The molecule has 0 saturated heterocycles. The van der Waals surface area contributed by atoms with Gasteiger partial charge < -0.3 is 0 Å². The van der Waals surface area contributed by atoms with Gasteiger partial charge in [0, 0.05) is 0 Å². The number of rotatable bonds is 0. The van der Waals surface area contributed by atoms with Crippen molar-refractivity contribution in [3.8, 4) is 0 Å². The first-order valence-electron chi connectivity index (χ1n) is 3.08. The van der Waals surface area contributed by atoms with Crippen molar-refractivity contribution in [1.82, 2.24) is 4.98 Å². The van der Waals surface area contributed by atoms with Crippen LogP contribution in [0, 0.1) is 14.6 Å². The number of thiazole rings is 1. The van der Waals surface area contributed by atoms with E-state index in [9.17, 15) is 8.78 Å². The maximum atomic E-state index is 13.0. The smallest absolute Gasteiger partial charge is 0.185 e. The summed E-state index contributed by atoms with van der Waals surface area (Å²) in [7, 11) is 0. The number of fused-ring (bicyclic) bond motifs is 1. The van der Waals surface area contributed by atoms with Crippen LogP contribution in [0.15, 0.2) is 12.1 Å². The third kappa shape index (κ3) is 1.20. The fraction of sp³-hybridized carbons (Fsp3) is 0. The Morgan fingerprint density at radius 2 is 2.08 bits per heavy atom. The molecule has 0 saturated carbocycles. The molecule has 0 amide bonds. The van der Waals surface area contributed by atoms with Crippen molar-refractivity contribution >= 4 is 44.1 Å². The second kappa shape index (κ2) is 2.88. The Hall–Kier alpha value is -0.300. The maximum Gasteiger partial charge on any atom is 0.185 e. The number of hydrogen-bond acceptors (Lipinski definition) is 2. The quantitative estimate of drug-likeness (QED) is 0.681. The first-order chi connectivity index (χ1) is 5.68. The summed E-state index contributed by atoms with van der Waals surface area (Å²) in [5.41, 5.74) is 0.129. The molecule has 1 nitrogen and oxygen atoms in total. The molecule has 2 rings (SSSR count). The van der Waals surface area contributed by atoms with Crippen molar-refractivity contribution in [3.63, 3.8) is 0 Å². The minimum atomic E-state index is -0.855. The minimum absolute atomic E-state index is 0.129. The van der Waals surface area contributed by atoms with Gasteiger partial charge in [0.25, 0.3) is 0 Å². The van der Waals surface area contributed by atoms with Gasteiger partial charge in [0.05, 0.1) is 4.70 Å². The summed E-state index contributed by atoms with van der Waals surface area (Å²) >= 11 is 3.32. The molecule has 12 heavy (non-hydrogen) atoms. The highest BCUT2D eigenvalue weighted by Gasteiger charge is 2.10. The SMILES string of the molecule is Fc1ccc2sc(I)nc2c1F. The third-order valence-corrected chi connectivity index (χ3v) is 3.14. The number of halogens is 3. The van der Waals surface area contributed by atoms with Gasteiger partial charge in [-0.2, -0.15) is 0 Å². The predicted molar refractivity (Wildman–Crippen MR) is 52.3 cm³/mol. The van der Waals surface area contributed by atoms with Crippen LogP contribution in [0.2, 0.25) is 0 Å². The van der Waals surface area contributed by atoms with Crippen LogP contribution in [0.5, 0.6) is 0 Å². The lowest BCUT2D eigenvalue weighted by Crippen LogP contribution is -1.83. The lowest BCUT2D eigenvalue weighted by molar-refractivity contribution is 0.515. The lowest BCUT2D eigenvalue weighted by atomic mass is 10.3. The van der Waals surface area contributed by atoms with E-state index in [1.54, 1.807) is 0 Å². The Morgan fingerprint density at radius 1 is 1.33 bits per heavy atom. The Kier molecular flexibility index (Phi) is 1.99. The van der Waals surface area contributed by atoms with Gasteiger partial charge in [-0.15, -0.1) is 11.3 Å². The van der Waals surface area contributed by atoms with Crippen LogP contribution >= 0.6 is 33.9 Å². The molecular formula is C7H2F2INS. The zero-order chi connectivity index (χ0) is 8.72. The molecular weight excluding hydrogens is 295 g/mol. The summed E-state index contributed by atoms with van der Waals surface area (Å²) in [4.78, 5) is 3.86. The molecule has 0 radical (unpaired) electrons. The Balaban J connectivity index is 2.89. The van der Waals surface area contributed by atoms with Crippen LogP contribution in [0.25, 0.3) is 10.2 Å². The van der Waals surface area contributed by atoms with Crippen LogP contribution in [-0.2, 0) is 0 Å². The van der Waals surface area contributed by atoms with E-state index in [1.165, 1.54) is 17.4 Å². The summed E-state index contributed by atoms with van der Waals surface area (Å²) in [6.45, 7) is 0. The summed E-state index contributed by atoms with van der Waals surface area (Å²) in [6.07, 6.45) is 0. The first kappa shape index (κ1) is 8.31. The fourth-order valence-electron chi connectivity index (χ4n) is 0.910. The van der Waals surface area contributed by atoms with Gasteiger partial charge in [0.1, 0.15) is 5.52 Å².